The molecule has 0 spiro atoms. The Bertz CT molecular complexity index is 714. The summed E-state index contributed by atoms with van der Waals surface area (Å²) in [6.45, 7) is 22.6. The number of rotatable bonds is 4. The summed E-state index contributed by atoms with van der Waals surface area (Å²) in [5.41, 5.74) is 4.45. The van der Waals surface area contributed by atoms with E-state index in [2.05, 4.69) is 98.9 Å². The summed E-state index contributed by atoms with van der Waals surface area (Å²) in [5.74, 6) is 0.922. The van der Waals surface area contributed by atoms with Crippen LogP contribution in [0.25, 0.3) is 0 Å². The van der Waals surface area contributed by atoms with Gasteiger partial charge >= 0.3 is 0 Å². The second kappa shape index (κ2) is 16.5. The van der Waals surface area contributed by atoms with E-state index in [0.29, 0.717) is 12.0 Å². The summed E-state index contributed by atoms with van der Waals surface area (Å²) >= 11 is 0. The zero-order valence-electron chi connectivity index (χ0n) is 21.6. The van der Waals surface area contributed by atoms with Gasteiger partial charge in [0.25, 0.3) is 0 Å². The summed E-state index contributed by atoms with van der Waals surface area (Å²) in [7, 11) is 0.750. The Kier molecular flexibility index (Phi) is 17.1. The van der Waals surface area contributed by atoms with Crippen molar-refractivity contribution in [2.45, 2.75) is 74.9 Å². The van der Waals surface area contributed by atoms with Gasteiger partial charge in [-0.2, -0.15) is 11.6 Å². The van der Waals surface area contributed by atoms with Crippen molar-refractivity contribution in [2.24, 2.45) is 10.8 Å². The number of hydrogen-bond donors (Lipinski definition) is 0. The van der Waals surface area contributed by atoms with E-state index in [1.54, 1.807) is 0 Å². The van der Waals surface area contributed by atoms with Crippen LogP contribution in [0.2, 0.25) is 13.1 Å². The molecule has 1 radical (unpaired) electrons. The van der Waals surface area contributed by atoms with Crippen molar-refractivity contribution in [3.05, 3.63) is 77.4 Å². The standard InChI is InChI=1S/C17H24O.C9H13.C2H7Si.Ti/c1-6-14(2)12-15(17(3,4)5)13-18-16-10-8-7-9-11-16;1-9(2,3)8-6-4-5-7-8;1-3-2;/h6-12H,13H2,1-5H3;6-7H,4H2,1-3H3;3H,1-2H3;/q;-1;;. The van der Waals surface area contributed by atoms with Crippen molar-refractivity contribution in [3.8, 4) is 5.75 Å². The van der Waals surface area contributed by atoms with Crippen molar-refractivity contribution in [1.82, 2.24) is 0 Å². The molecule has 171 valence electrons. The first kappa shape index (κ1) is 32.1. The van der Waals surface area contributed by atoms with Crippen LogP contribution in [0, 0.1) is 16.9 Å². The summed E-state index contributed by atoms with van der Waals surface area (Å²) < 4.78 is 5.84. The third-order valence-electron chi connectivity index (χ3n) is 4.52. The summed E-state index contributed by atoms with van der Waals surface area (Å²) in [5, 5.41) is 0. The maximum atomic E-state index is 5.84. The molecule has 0 saturated heterocycles. The SMILES string of the molecule is CC(C)(C)C1=CC[C-]=C1.CC=C(C)C=C(COc1ccccc1)C(C)(C)C.C[SiH]C.[Ti]. The van der Waals surface area contributed by atoms with E-state index in [9.17, 15) is 0 Å². The van der Waals surface area contributed by atoms with Gasteiger partial charge in [-0.15, -0.1) is 6.42 Å². The van der Waals surface area contributed by atoms with E-state index < -0.39 is 0 Å². The van der Waals surface area contributed by atoms with Crippen LogP contribution in [0.5, 0.6) is 5.75 Å². The molecule has 31 heavy (non-hydrogen) atoms. The fourth-order valence-corrected chi connectivity index (χ4v) is 2.43. The Morgan fingerprint density at radius 3 is 1.97 bits per heavy atom. The van der Waals surface area contributed by atoms with Crippen LogP contribution in [-0.4, -0.2) is 16.1 Å². The molecule has 1 nitrogen and oxygen atoms in total. The minimum absolute atomic E-state index is 0. The van der Waals surface area contributed by atoms with Gasteiger partial charge in [0.15, 0.2) is 0 Å². The molecular formula is C28H44OSiTi-. The van der Waals surface area contributed by atoms with E-state index in [-0.39, 0.29) is 27.1 Å². The summed E-state index contributed by atoms with van der Waals surface area (Å²) in [6.07, 6.45) is 12.8. The van der Waals surface area contributed by atoms with Crippen LogP contribution in [0.3, 0.4) is 0 Å². The van der Waals surface area contributed by atoms with Gasteiger partial charge in [0.1, 0.15) is 12.4 Å². The molecule has 0 bridgehead atoms. The molecular weight excluding hydrogens is 428 g/mol. The topological polar surface area (TPSA) is 9.23 Å². The second-order valence-corrected chi connectivity index (χ2v) is 10.7. The number of hydrogen-bond acceptors (Lipinski definition) is 1. The van der Waals surface area contributed by atoms with Crippen molar-refractivity contribution in [1.29, 1.82) is 0 Å². The number of ether oxygens (including phenoxy) is 1. The van der Waals surface area contributed by atoms with E-state index >= 15 is 0 Å². The zero-order chi connectivity index (χ0) is 23.2. The monoisotopic (exact) mass is 472 g/mol. The van der Waals surface area contributed by atoms with Crippen molar-refractivity contribution < 1.29 is 26.5 Å². The summed E-state index contributed by atoms with van der Waals surface area (Å²) in [6, 6.07) is 9.96. The van der Waals surface area contributed by atoms with E-state index in [4.69, 9.17) is 4.74 Å². The smallest absolute Gasteiger partial charge is 0.119 e. The van der Waals surface area contributed by atoms with Crippen LogP contribution >= 0.6 is 0 Å². The van der Waals surface area contributed by atoms with Gasteiger partial charge in [-0.25, -0.2) is 6.08 Å². The van der Waals surface area contributed by atoms with Crippen LogP contribution in [0.15, 0.2) is 71.4 Å². The third kappa shape index (κ3) is 15.4. The van der Waals surface area contributed by atoms with Gasteiger partial charge in [0.05, 0.1) is 0 Å². The average molecular weight is 473 g/mol. The van der Waals surface area contributed by atoms with Crippen LogP contribution in [-0.2, 0) is 21.7 Å². The van der Waals surface area contributed by atoms with Gasteiger partial charge in [0.2, 0.25) is 0 Å². The Hall–Kier alpha value is -1.09. The van der Waals surface area contributed by atoms with Crippen molar-refractivity contribution >= 4 is 9.52 Å². The Balaban J connectivity index is 0. The van der Waals surface area contributed by atoms with Crippen molar-refractivity contribution in [2.75, 3.05) is 6.61 Å². The molecule has 0 N–H and O–H groups in total. The molecule has 0 unspecified atom stereocenters. The van der Waals surface area contributed by atoms with Gasteiger partial charge in [-0.1, -0.05) is 96.0 Å². The van der Waals surface area contributed by atoms with Gasteiger partial charge in [0, 0.05) is 31.2 Å². The van der Waals surface area contributed by atoms with E-state index in [1.165, 1.54) is 16.7 Å². The van der Waals surface area contributed by atoms with E-state index in [0.717, 1.165) is 21.7 Å². The first-order valence-electron chi connectivity index (χ1n) is 11.0. The number of allylic oxidation sites excluding steroid dienone is 7. The molecule has 0 amide bonds. The fourth-order valence-electron chi connectivity index (χ4n) is 2.43. The molecule has 1 aromatic rings. The van der Waals surface area contributed by atoms with Gasteiger partial charge < -0.3 is 4.74 Å². The quantitative estimate of drug-likeness (QED) is 0.244. The minimum atomic E-state index is 0. The molecule has 0 aliphatic heterocycles. The molecule has 1 aliphatic carbocycles. The van der Waals surface area contributed by atoms with Crippen LogP contribution in [0.4, 0.5) is 0 Å². The third-order valence-corrected chi connectivity index (χ3v) is 4.52. The largest absolute Gasteiger partial charge is 0.489 e. The Morgan fingerprint density at radius 1 is 1.06 bits per heavy atom. The molecule has 0 saturated carbocycles. The first-order valence-corrected chi connectivity index (χ1v) is 13.3. The Morgan fingerprint density at radius 2 is 1.61 bits per heavy atom. The predicted octanol–water partition coefficient (Wildman–Crippen LogP) is 8.24. The zero-order valence-corrected chi connectivity index (χ0v) is 24.3. The molecule has 0 atom stereocenters. The summed E-state index contributed by atoms with van der Waals surface area (Å²) in [4.78, 5) is 0. The van der Waals surface area contributed by atoms with Gasteiger partial charge in [-0.05, 0) is 37.0 Å². The number of benzene rings is 1. The minimum Gasteiger partial charge on any atom is -0.489 e. The van der Waals surface area contributed by atoms with Crippen LogP contribution < -0.4 is 4.74 Å². The molecule has 1 aromatic carbocycles. The maximum absolute atomic E-state index is 5.84. The molecule has 2 rings (SSSR count). The molecule has 0 fully saturated rings. The maximum Gasteiger partial charge on any atom is 0.119 e. The molecule has 1 aliphatic rings. The fraction of sp³-hybridized carbons (Fsp3) is 0.500. The van der Waals surface area contributed by atoms with Crippen molar-refractivity contribution in [3.63, 3.8) is 0 Å². The molecule has 0 heterocycles. The van der Waals surface area contributed by atoms with Gasteiger partial charge in [-0.3, -0.25) is 6.08 Å². The molecule has 0 aromatic heterocycles. The van der Waals surface area contributed by atoms with E-state index in [1.807, 2.05) is 30.3 Å². The first-order chi connectivity index (χ1) is 14.0. The number of para-hydroxylation sites is 1. The predicted molar refractivity (Wildman–Crippen MR) is 138 cm³/mol. The second-order valence-electron chi connectivity index (χ2n) is 9.59. The average Bonchev–Trinajstić information content (AvgIpc) is 3.21. The normalized spacial score (nSPS) is 13.8. The Labute approximate surface area is 210 Å². The molecule has 3 heteroatoms. The van der Waals surface area contributed by atoms with Crippen LogP contribution in [0.1, 0.15) is 61.8 Å².